The Morgan fingerprint density at radius 3 is 2.56 bits per heavy atom. The highest BCUT2D eigenvalue weighted by molar-refractivity contribution is 5.85. The molecule has 1 rings (SSSR count). The molecule has 16 heavy (non-hydrogen) atoms. The molecule has 0 saturated heterocycles. The van der Waals surface area contributed by atoms with Crippen molar-refractivity contribution in [2.45, 2.75) is 26.8 Å². The van der Waals surface area contributed by atoms with Gasteiger partial charge in [-0.05, 0) is 12.8 Å². The molecule has 92 valence electrons. The molecule has 0 fully saturated rings. The van der Waals surface area contributed by atoms with Gasteiger partial charge in [-0.3, -0.25) is 0 Å². The molecule has 5 heteroatoms. The van der Waals surface area contributed by atoms with Crippen LogP contribution >= 0.6 is 12.4 Å². The van der Waals surface area contributed by atoms with Gasteiger partial charge in [0.2, 0.25) is 0 Å². The molecular formula is C11H18ClNO3. The lowest BCUT2D eigenvalue weighted by molar-refractivity contribution is 0.256. The van der Waals surface area contributed by atoms with Crippen LogP contribution in [-0.2, 0) is 0 Å². The Morgan fingerprint density at radius 1 is 1.44 bits per heavy atom. The number of ether oxygens (including phenoxy) is 1. The normalized spacial score (nSPS) is 12.1. The largest absolute Gasteiger partial charge is 0.492 e. The van der Waals surface area contributed by atoms with E-state index in [1.807, 2.05) is 13.8 Å². The average Bonchev–Trinajstić information content (AvgIpc) is 2.12. The third kappa shape index (κ3) is 4.68. The van der Waals surface area contributed by atoms with Crippen molar-refractivity contribution in [1.82, 2.24) is 0 Å². The van der Waals surface area contributed by atoms with E-state index in [1.54, 1.807) is 13.0 Å². The number of rotatable bonds is 4. The quantitative estimate of drug-likeness (QED) is 0.880. The highest BCUT2D eigenvalue weighted by Crippen LogP contribution is 2.10. The first-order valence-electron chi connectivity index (χ1n) is 4.99. The van der Waals surface area contributed by atoms with Crippen molar-refractivity contribution in [2.75, 3.05) is 6.61 Å². The maximum Gasteiger partial charge on any atom is 0.339 e. The first kappa shape index (κ1) is 15.0. The molecule has 0 saturated carbocycles. The Labute approximate surface area is 101 Å². The Morgan fingerprint density at radius 2 is 2.06 bits per heavy atom. The van der Waals surface area contributed by atoms with E-state index in [4.69, 9.17) is 14.9 Å². The van der Waals surface area contributed by atoms with Crippen molar-refractivity contribution in [3.8, 4) is 5.75 Å². The van der Waals surface area contributed by atoms with E-state index < -0.39 is 5.63 Å². The fraction of sp³-hybridized carbons (Fsp3) is 0.545. The van der Waals surface area contributed by atoms with E-state index in [1.165, 1.54) is 6.07 Å². The van der Waals surface area contributed by atoms with Gasteiger partial charge >= 0.3 is 5.63 Å². The van der Waals surface area contributed by atoms with Gasteiger partial charge in [0.1, 0.15) is 18.1 Å². The van der Waals surface area contributed by atoms with E-state index in [0.29, 0.717) is 24.0 Å². The van der Waals surface area contributed by atoms with Gasteiger partial charge in [0.05, 0.1) is 6.07 Å². The fourth-order valence-corrected chi connectivity index (χ4v) is 1.04. The lowest BCUT2D eigenvalue weighted by Crippen LogP contribution is -2.33. The van der Waals surface area contributed by atoms with Gasteiger partial charge in [0.25, 0.3) is 0 Å². The van der Waals surface area contributed by atoms with E-state index in [0.717, 1.165) is 0 Å². The molecule has 1 aromatic rings. The zero-order valence-corrected chi connectivity index (χ0v) is 10.5. The topological polar surface area (TPSA) is 65.5 Å². The standard InChI is InChI=1S/C11H17NO3.ClH/c1-7(2)10(12)6-14-9-4-8(3)15-11(13)5-9;/h4-5,7,10H,6,12H2,1-3H3;1H. The maximum atomic E-state index is 11.0. The number of aryl methyl sites for hydroxylation is 1. The summed E-state index contributed by atoms with van der Waals surface area (Å²) in [4.78, 5) is 11.0. The van der Waals surface area contributed by atoms with Crippen molar-refractivity contribution in [3.05, 3.63) is 28.3 Å². The maximum absolute atomic E-state index is 11.0. The van der Waals surface area contributed by atoms with Crippen LogP contribution in [0.4, 0.5) is 0 Å². The average molecular weight is 248 g/mol. The van der Waals surface area contributed by atoms with Crippen molar-refractivity contribution >= 4 is 12.4 Å². The summed E-state index contributed by atoms with van der Waals surface area (Å²) in [6.07, 6.45) is 0. The zero-order chi connectivity index (χ0) is 11.4. The Hall–Kier alpha value is -1.00. The van der Waals surface area contributed by atoms with Gasteiger partial charge in [-0.25, -0.2) is 4.79 Å². The Kier molecular flexibility index (Phi) is 6.14. The lowest BCUT2D eigenvalue weighted by atomic mass is 10.1. The van der Waals surface area contributed by atoms with Gasteiger partial charge in [0, 0.05) is 12.1 Å². The predicted octanol–water partition coefficient (Wildman–Crippen LogP) is 1.73. The van der Waals surface area contributed by atoms with Gasteiger partial charge in [-0.15, -0.1) is 12.4 Å². The third-order valence-corrected chi connectivity index (χ3v) is 2.17. The lowest BCUT2D eigenvalue weighted by Gasteiger charge is -2.16. The molecule has 1 heterocycles. The second kappa shape index (κ2) is 6.55. The Balaban J connectivity index is 0.00000225. The van der Waals surface area contributed by atoms with Crippen LogP contribution in [0.2, 0.25) is 0 Å². The first-order chi connectivity index (χ1) is 6.99. The summed E-state index contributed by atoms with van der Waals surface area (Å²) < 4.78 is 10.2. The second-order valence-electron chi connectivity index (χ2n) is 3.94. The molecule has 0 aliphatic heterocycles. The van der Waals surface area contributed by atoms with Crippen molar-refractivity contribution in [2.24, 2.45) is 11.7 Å². The second-order valence-corrected chi connectivity index (χ2v) is 3.94. The van der Waals surface area contributed by atoms with Crippen molar-refractivity contribution < 1.29 is 9.15 Å². The summed E-state index contributed by atoms with van der Waals surface area (Å²) in [7, 11) is 0. The number of hydrogen-bond acceptors (Lipinski definition) is 4. The zero-order valence-electron chi connectivity index (χ0n) is 9.73. The third-order valence-electron chi connectivity index (χ3n) is 2.17. The highest BCUT2D eigenvalue weighted by atomic mass is 35.5. The van der Waals surface area contributed by atoms with Crippen LogP contribution in [0, 0.1) is 12.8 Å². The molecule has 0 bridgehead atoms. The number of hydrogen-bond donors (Lipinski definition) is 1. The van der Waals surface area contributed by atoms with Crippen LogP contribution in [-0.4, -0.2) is 12.6 Å². The van der Waals surface area contributed by atoms with E-state index >= 15 is 0 Å². The Bertz CT molecular complexity index is 376. The smallest absolute Gasteiger partial charge is 0.339 e. The number of nitrogens with two attached hydrogens (primary N) is 1. The van der Waals surface area contributed by atoms with Crippen LogP contribution in [0.3, 0.4) is 0 Å². The van der Waals surface area contributed by atoms with Crippen LogP contribution < -0.4 is 16.1 Å². The van der Waals surface area contributed by atoms with Gasteiger partial charge in [-0.1, -0.05) is 13.8 Å². The SMILES string of the molecule is Cc1cc(OCC(N)C(C)C)cc(=O)o1.Cl. The van der Waals surface area contributed by atoms with Crippen molar-refractivity contribution in [3.63, 3.8) is 0 Å². The minimum absolute atomic E-state index is 0. The van der Waals surface area contributed by atoms with Gasteiger partial charge in [-0.2, -0.15) is 0 Å². The monoisotopic (exact) mass is 247 g/mol. The molecule has 1 aromatic heterocycles. The molecule has 0 aliphatic carbocycles. The summed E-state index contributed by atoms with van der Waals surface area (Å²) in [6, 6.07) is 2.96. The van der Waals surface area contributed by atoms with E-state index in [9.17, 15) is 4.79 Å². The molecule has 2 N–H and O–H groups in total. The summed E-state index contributed by atoms with van der Waals surface area (Å²) >= 11 is 0. The van der Waals surface area contributed by atoms with Crippen molar-refractivity contribution in [1.29, 1.82) is 0 Å². The minimum Gasteiger partial charge on any atom is -0.492 e. The van der Waals surface area contributed by atoms with Crippen LogP contribution in [0.15, 0.2) is 21.3 Å². The first-order valence-corrected chi connectivity index (χ1v) is 4.99. The number of halogens is 1. The van der Waals surface area contributed by atoms with E-state index in [-0.39, 0.29) is 18.4 Å². The molecule has 4 nitrogen and oxygen atoms in total. The minimum atomic E-state index is -0.400. The molecule has 0 aliphatic rings. The highest BCUT2D eigenvalue weighted by Gasteiger charge is 2.08. The fourth-order valence-electron chi connectivity index (χ4n) is 1.04. The summed E-state index contributed by atoms with van der Waals surface area (Å²) in [5.74, 6) is 1.40. The van der Waals surface area contributed by atoms with Gasteiger partial charge < -0.3 is 14.9 Å². The van der Waals surface area contributed by atoms with Crippen LogP contribution in [0.1, 0.15) is 19.6 Å². The van der Waals surface area contributed by atoms with Crippen LogP contribution in [0.25, 0.3) is 0 Å². The summed E-state index contributed by atoms with van der Waals surface area (Å²) in [5, 5.41) is 0. The molecular weight excluding hydrogens is 230 g/mol. The molecule has 0 amide bonds. The predicted molar refractivity (Wildman–Crippen MR) is 65.3 cm³/mol. The van der Waals surface area contributed by atoms with Gasteiger partial charge in [0.15, 0.2) is 0 Å². The molecule has 1 unspecified atom stereocenters. The molecule has 0 radical (unpaired) electrons. The molecule has 1 atom stereocenters. The van der Waals surface area contributed by atoms with E-state index in [2.05, 4.69) is 0 Å². The molecule has 0 aromatic carbocycles. The summed E-state index contributed by atoms with van der Waals surface area (Å²) in [5.41, 5.74) is 5.41. The molecule has 0 spiro atoms. The summed E-state index contributed by atoms with van der Waals surface area (Å²) in [6.45, 7) is 6.16. The van der Waals surface area contributed by atoms with Crippen LogP contribution in [0.5, 0.6) is 5.75 Å².